The molecule has 1 N–H and O–H groups in total. The molecule has 0 spiro atoms. The molecule has 2 aromatic rings. The predicted molar refractivity (Wildman–Crippen MR) is 102 cm³/mol. The van der Waals surface area contributed by atoms with E-state index in [1.165, 1.54) is 18.3 Å². The van der Waals surface area contributed by atoms with E-state index >= 15 is 0 Å². The van der Waals surface area contributed by atoms with Gasteiger partial charge in [-0.25, -0.2) is 4.83 Å². The third kappa shape index (κ3) is 6.07. The van der Waals surface area contributed by atoms with Crippen LogP contribution in [0.25, 0.3) is 0 Å². The van der Waals surface area contributed by atoms with Crippen LogP contribution in [0.5, 0.6) is 11.5 Å². The topological polar surface area (TPSA) is 77.0 Å². The second-order valence-corrected chi connectivity index (χ2v) is 7.89. The van der Waals surface area contributed by atoms with Crippen LogP contribution in [0.2, 0.25) is 0 Å². The zero-order valence-electron chi connectivity index (χ0n) is 15.3. The van der Waals surface area contributed by atoms with Crippen LogP contribution in [-0.4, -0.2) is 26.8 Å². The Morgan fingerprint density at radius 1 is 0.846 bits per heavy atom. The number of ether oxygens (including phenoxy) is 2. The maximum Gasteiger partial charge on any atom is 0.276 e. The van der Waals surface area contributed by atoms with Gasteiger partial charge in [-0.3, -0.25) is 0 Å². The summed E-state index contributed by atoms with van der Waals surface area (Å²) in [7, 11) is -3.73. The number of hydrogen-bond donors (Lipinski definition) is 1. The van der Waals surface area contributed by atoms with Crippen LogP contribution in [0.15, 0.2) is 58.5 Å². The van der Waals surface area contributed by atoms with Gasteiger partial charge in [-0.2, -0.15) is 13.5 Å². The van der Waals surface area contributed by atoms with E-state index in [-0.39, 0.29) is 17.1 Å². The molecule has 0 aromatic heterocycles. The first-order valence-corrected chi connectivity index (χ1v) is 9.83. The van der Waals surface area contributed by atoms with Gasteiger partial charge in [0.15, 0.2) is 0 Å². The van der Waals surface area contributed by atoms with E-state index in [2.05, 4.69) is 9.93 Å². The molecule has 0 saturated heterocycles. The van der Waals surface area contributed by atoms with Crippen molar-refractivity contribution in [3.8, 4) is 11.5 Å². The quantitative estimate of drug-likeness (QED) is 0.564. The minimum Gasteiger partial charge on any atom is -0.491 e. The Kier molecular flexibility index (Phi) is 6.63. The molecule has 0 heterocycles. The highest BCUT2D eigenvalue weighted by atomic mass is 32.2. The van der Waals surface area contributed by atoms with Crippen LogP contribution in [0.1, 0.15) is 33.3 Å². The number of benzene rings is 2. The third-order valence-electron chi connectivity index (χ3n) is 3.14. The molecule has 0 amide bonds. The second kappa shape index (κ2) is 8.71. The molecule has 0 aliphatic carbocycles. The highest BCUT2D eigenvalue weighted by molar-refractivity contribution is 7.89. The molecule has 0 saturated carbocycles. The largest absolute Gasteiger partial charge is 0.491 e. The van der Waals surface area contributed by atoms with Crippen LogP contribution < -0.4 is 14.3 Å². The zero-order chi connectivity index (χ0) is 19.2. The molecular weight excluding hydrogens is 352 g/mol. The number of hydrazone groups is 1. The average molecular weight is 376 g/mol. The number of hydrogen-bond acceptors (Lipinski definition) is 5. The van der Waals surface area contributed by atoms with Crippen LogP contribution in [0.4, 0.5) is 0 Å². The average Bonchev–Trinajstić information content (AvgIpc) is 2.56. The monoisotopic (exact) mass is 376 g/mol. The van der Waals surface area contributed by atoms with Gasteiger partial charge in [0.25, 0.3) is 10.0 Å². The van der Waals surface area contributed by atoms with Gasteiger partial charge in [-0.05, 0) is 81.8 Å². The minimum atomic E-state index is -3.73. The Hall–Kier alpha value is -2.54. The van der Waals surface area contributed by atoms with Gasteiger partial charge in [-0.15, -0.1) is 0 Å². The second-order valence-electron chi connectivity index (χ2n) is 6.23. The van der Waals surface area contributed by atoms with E-state index in [4.69, 9.17) is 9.47 Å². The molecule has 7 heteroatoms. The summed E-state index contributed by atoms with van der Waals surface area (Å²) in [6.07, 6.45) is 1.56. The summed E-state index contributed by atoms with van der Waals surface area (Å²) in [6, 6.07) is 13.4. The fourth-order valence-corrected chi connectivity index (χ4v) is 2.89. The van der Waals surface area contributed by atoms with E-state index in [0.717, 1.165) is 11.3 Å². The fraction of sp³-hybridized carbons (Fsp3) is 0.316. The van der Waals surface area contributed by atoms with Gasteiger partial charge < -0.3 is 9.47 Å². The Labute approximate surface area is 154 Å². The lowest BCUT2D eigenvalue weighted by atomic mass is 10.2. The summed E-state index contributed by atoms with van der Waals surface area (Å²) in [5.74, 6) is 1.37. The maximum absolute atomic E-state index is 12.2. The van der Waals surface area contributed by atoms with Gasteiger partial charge in [0.2, 0.25) is 0 Å². The van der Waals surface area contributed by atoms with E-state index in [1.807, 2.05) is 39.8 Å². The molecular formula is C19H24N2O4S. The van der Waals surface area contributed by atoms with Crippen LogP contribution in [0.3, 0.4) is 0 Å². The van der Waals surface area contributed by atoms with Crippen LogP contribution >= 0.6 is 0 Å². The van der Waals surface area contributed by atoms with Crippen molar-refractivity contribution in [2.45, 2.75) is 44.8 Å². The molecule has 0 aliphatic rings. The molecule has 6 nitrogen and oxygen atoms in total. The molecule has 0 aliphatic heterocycles. The Bertz CT molecular complexity index is 827. The van der Waals surface area contributed by atoms with Gasteiger partial charge in [0, 0.05) is 0 Å². The number of nitrogens with one attached hydrogen (secondary N) is 1. The van der Waals surface area contributed by atoms with Crippen molar-refractivity contribution >= 4 is 16.2 Å². The van der Waals surface area contributed by atoms with Gasteiger partial charge in [0.05, 0.1) is 23.3 Å². The minimum absolute atomic E-state index is 0.0255. The Balaban J connectivity index is 1.99. The van der Waals surface area contributed by atoms with Gasteiger partial charge in [0.1, 0.15) is 11.5 Å². The lowest BCUT2D eigenvalue weighted by molar-refractivity contribution is 0.242. The first kappa shape index (κ1) is 19.8. The molecule has 0 bridgehead atoms. The summed E-state index contributed by atoms with van der Waals surface area (Å²) in [6.45, 7) is 7.71. The highest BCUT2D eigenvalue weighted by Crippen LogP contribution is 2.17. The summed E-state index contributed by atoms with van der Waals surface area (Å²) in [5, 5.41) is 3.82. The molecule has 140 valence electrons. The highest BCUT2D eigenvalue weighted by Gasteiger charge is 2.12. The molecule has 26 heavy (non-hydrogen) atoms. The normalized spacial score (nSPS) is 11.9. The van der Waals surface area contributed by atoms with Crippen molar-refractivity contribution < 1.29 is 17.9 Å². The van der Waals surface area contributed by atoms with Gasteiger partial charge in [-0.1, -0.05) is 0 Å². The van der Waals surface area contributed by atoms with Gasteiger partial charge >= 0.3 is 0 Å². The smallest absolute Gasteiger partial charge is 0.276 e. The molecule has 0 fully saturated rings. The number of nitrogens with zero attached hydrogens (tertiary/aromatic N) is 1. The molecule has 0 atom stereocenters. The Morgan fingerprint density at radius 3 is 1.77 bits per heavy atom. The van der Waals surface area contributed by atoms with E-state index in [0.29, 0.717) is 5.75 Å². The van der Waals surface area contributed by atoms with Crippen molar-refractivity contribution in [3.05, 3.63) is 54.1 Å². The first-order valence-electron chi connectivity index (χ1n) is 8.34. The summed E-state index contributed by atoms with van der Waals surface area (Å²) < 4.78 is 35.5. The standard InChI is InChI=1S/C19H24N2O4S/c1-14(2)24-17-7-5-16(6-8-17)13-20-21-26(22,23)19-11-9-18(10-12-19)25-15(3)4/h5-15,21H,1-4H3/b20-13+. The van der Waals surface area contributed by atoms with Crippen molar-refractivity contribution in [2.75, 3.05) is 0 Å². The zero-order valence-corrected chi connectivity index (χ0v) is 16.2. The van der Waals surface area contributed by atoms with Crippen molar-refractivity contribution in [2.24, 2.45) is 5.10 Å². The maximum atomic E-state index is 12.2. The summed E-state index contributed by atoms with van der Waals surface area (Å²) in [4.78, 5) is 2.32. The lowest BCUT2D eigenvalue weighted by Gasteiger charge is -2.10. The molecule has 0 unspecified atom stereocenters. The van der Waals surface area contributed by atoms with Crippen LogP contribution in [0, 0.1) is 0 Å². The SMILES string of the molecule is CC(C)Oc1ccc(/C=N/NS(=O)(=O)c2ccc(OC(C)C)cc2)cc1. The molecule has 2 rings (SSSR count). The van der Waals surface area contributed by atoms with E-state index < -0.39 is 10.0 Å². The third-order valence-corrected chi connectivity index (χ3v) is 4.38. The molecule has 0 radical (unpaired) electrons. The van der Waals surface area contributed by atoms with Crippen molar-refractivity contribution in [3.63, 3.8) is 0 Å². The fourth-order valence-electron chi connectivity index (χ4n) is 2.10. The van der Waals surface area contributed by atoms with E-state index in [9.17, 15) is 8.42 Å². The predicted octanol–water partition coefficient (Wildman–Crippen LogP) is 3.57. The lowest BCUT2D eigenvalue weighted by Crippen LogP contribution is -2.18. The first-order chi connectivity index (χ1) is 12.3. The van der Waals surface area contributed by atoms with E-state index in [1.54, 1.807) is 24.3 Å². The van der Waals surface area contributed by atoms with Crippen molar-refractivity contribution in [1.29, 1.82) is 0 Å². The number of rotatable bonds is 8. The number of sulfonamides is 1. The summed E-state index contributed by atoms with van der Waals surface area (Å²) >= 11 is 0. The molecule has 2 aromatic carbocycles. The van der Waals surface area contributed by atoms with Crippen LogP contribution in [-0.2, 0) is 10.0 Å². The Morgan fingerprint density at radius 2 is 1.31 bits per heavy atom. The summed E-state index contributed by atoms with van der Waals surface area (Å²) in [5.41, 5.74) is 0.754. The van der Waals surface area contributed by atoms with Crippen molar-refractivity contribution in [1.82, 2.24) is 4.83 Å².